The first-order chi connectivity index (χ1) is 9.97. The van der Waals surface area contributed by atoms with Crippen LogP contribution < -0.4 is 10.2 Å². The third-order valence-corrected chi connectivity index (χ3v) is 4.14. The average molecular weight is 397 g/mol. The maximum atomic E-state index is 12.8. The molecule has 2 aromatic rings. The summed E-state index contributed by atoms with van der Waals surface area (Å²) in [4.78, 5) is 6.29. The normalized spacial score (nSPS) is 15.7. The Hall–Kier alpha value is -1.05. The van der Waals surface area contributed by atoms with Crippen LogP contribution in [0.15, 0.2) is 28.9 Å². The number of pyridine rings is 1. The summed E-state index contributed by atoms with van der Waals surface area (Å²) in [5.41, 5.74) is 0.605. The minimum Gasteiger partial charge on any atom is -0.367 e. The molecule has 1 aliphatic rings. The number of hydrogen-bond acceptors (Lipinski definition) is 3. The van der Waals surface area contributed by atoms with Gasteiger partial charge in [-0.3, -0.25) is 4.98 Å². The molecule has 0 saturated carbocycles. The first kappa shape index (κ1) is 17.3. The summed E-state index contributed by atoms with van der Waals surface area (Å²) >= 11 is 3.46. The van der Waals surface area contributed by atoms with Gasteiger partial charge in [0.05, 0.1) is 21.2 Å². The molecule has 1 aliphatic heterocycles. The van der Waals surface area contributed by atoms with Gasteiger partial charge in [-0.15, -0.1) is 12.4 Å². The van der Waals surface area contributed by atoms with Crippen molar-refractivity contribution in [1.29, 1.82) is 0 Å². The monoisotopic (exact) mass is 395 g/mol. The number of nitrogens with zero attached hydrogens (tertiary/aromatic N) is 2. The van der Waals surface area contributed by atoms with Crippen LogP contribution in [-0.2, 0) is 6.18 Å². The number of halogens is 5. The Morgan fingerprint density at radius 2 is 1.86 bits per heavy atom. The summed E-state index contributed by atoms with van der Waals surface area (Å²) in [6, 6.07) is 3.73. The molecule has 0 aliphatic carbocycles. The van der Waals surface area contributed by atoms with Crippen LogP contribution in [0.5, 0.6) is 0 Å². The van der Waals surface area contributed by atoms with E-state index in [4.69, 9.17) is 0 Å². The van der Waals surface area contributed by atoms with Gasteiger partial charge in [-0.05, 0) is 28.1 Å². The van der Waals surface area contributed by atoms with Crippen LogP contribution in [0.1, 0.15) is 5.56 Å². The van der Waals surface area contributed by atoms with Crippen molar-refractivity contribution in [3.05, 3.63) is 34.4 Å². The van der Waals surface area contributed by atoms with E-state index in [1.54, 1.807) is 6.20 Å². The van der Waals surface area contributed by atoms with Gasteiger partial charge in [0.25, 0.3) is 0 Å². The fourth-order valence-corrected chi connectivity index (χ4v) is 3.11. The molecule has 120 valence electrons. The number of hydrogen-bond donors (Lipinski definition) is 1. The van der Waals surface area contributed by atoms with Gasteiger partial charge in [0, 0.05) is 37.8 Å². The van der Waals surface area contributed by atoms with E-state index in [1.807, 2.05) is 0 Å². The first-order valence-corrected chi connectivity index (χ1v) is 7.37. The van der Waals surface area contributed by atoms with Crippen molar-refractivity contribution >= 4 is 44.9 Å². The molecule has 1 fully saturated rings. The van der Waals surface area contributed by atoms with E-state index in [9.17, 15) is 13.2 Å². The minimum absolute atomic E-state index is 0. The molecule has 3 nitrogen and oxygen atoms in total. The van der Waals surface area contributed by atoms with Gasteiger partial charge in [-0.2, -0.15) is 13.2 Å². The highest BCUT2D eigenvalue weighted by Crippen LogP contribution is 2.37. The van der Waals surface area contributed by atoms with Gasteiger partial charge >= 0.3 is 6.18 Å². The lowest BCUT2D eigenvalue weighted by atomic mass is 10.1. The minimum atomic E-state index is -4.35. The highest BCUT2D eigenvalue weighted by molar-refractivity contribution is 9.10. The van der Waals surface area contributed by atoms with Gasteiger partial charge in [-0.25, -0.2) is 0 Å². The predicted molar refractivity (Wildman–Crippen MR) is 86.8 cm³/mol. The number of anilines is 1. The molecule has 0 spiro atoms. The first-order valence-electron chi connectivity index (χ1n) is 6.58. The van der Waals surface area contributed by atoms with E-state index >= 15 is 0 Å². The summed E-state index contributed by atoms with van der Waals surface area (Å²) < 4.78 is 39.2. The molecule has 8 heteroatoms. The SMILES string of the molecule is Cl.FC(F)(F)c1ccc2c(N3CCNCC3)c(Br)cnc2c1. The molecule has 0 radical (unpaired) electrons. The second-order valence-corrected chi connectivity index (χ2v) is 5.78. The van der Waals surface area contributed by atoms with Gasteiger partial charge in [0.1, 0.15) is 0 Å². The molecular weight excluding hydrogens is 383 g/mol. The predicted octanol–water partition coefficient (Wildman–Crippen LogP) is 3.85. The zero-order chi connectivity index (χ0) is 15.0. The van der Waals surface area contributed by atoms with Crippen molar-refractivity contribution in [2.24, 2.45) is 0 Å². The van der Waals surface area contributed by atoms with Crippen LogP contribution in [0.2, 0.25) is 0 Å². The average Bonchev–Trinajstić information content (AvgIpc) is 2.46. The van der Waals surface area contributed by atoms with Crippen LogP contribution in [0.3, 0.4) is 0 Å². The van der Waals surface area contributed by atoms with Gasteiger partial charge in [0.2, 0.25) is 0 Å². The van der Waals surface area contributed by atoms with Crippen molar-refractivity contribution in [2.45, 2.75) is 6.18 Å². The van der Waals surface area contributed by atoms with Crippen LogP contribution in [0.25, 0.3) is 10.9 Å². The summed E-state index contributed by atoms with van der Waals surface area (Å²) in [7, 11) is 0. The van der Waals surface area contributed by atoms with Gasteiger partial charge < -0.3 is 10.2 Å². The van der Waals surface area contributed by atoms with Crippen LogP contribution in [0, 0.1) is 0 Å². The van der Waals surface area contributed by atoms with Crippen molar-refractivity contribution in [2.75, 3.05) is 31.1 Å². The standard InChI is InChI=1S/C14H13BrF3N3.ClH/c15-11-8-20-12-7-9(14(16,17)18)1-2-10(12)13(11)21-5-3-19-4-6-21;/h1-2,7-8,19H,3-6H2;1H. The number of alkyl halides is 3. The number of benzene rings is 1. The fourth-order valence-electron chi connectivity index (χ4n) is 2.54. The van der Waals surface area contributed by atoms with Crippen molar-refractivity contribution < 1.29 is 13.2 Å². The number of piperazine rings is 1. The van der Waals surface area contributed by atoms with E-state index in [1.165, 1.54) is 6.07 Å². The smallest absolute Gasteiger partial charge is 0.367 e. The highest BCUT2D eigenvalue weighted by atomic mass is 79.9. The zero-order valence-electron chi connectivity index (χ0n) is 11.5. The second-order valence-electron chi connectivity index (χ2n) is 4.92. The van der Waals surface area contributed by atoms with E-state index < -0.39 is 11.7 Å². The van der Waals surface area contributed by atoms with E-state index in [-0.39, 0.29) is 12.4 Å². The summed E-state index contributed by atoms with van der Waals surface area (Å²) in [6.07, 6.45) is -2.78. The summed E-state index contributed by atoms with van der Waals surface area (Å²) in [5.74, 6) is 0. The topological polar surface area (TPSA) is 28.2 Å². The number of rotatable bonds is 1. The molecule has 3 rings (SSSR count). The van der Waals surface area contributed by atoms with E-state index in [0.29, 0.717) is 5.52 Å². The van der Waals surface area contributed by atoms with E-state index in [2.05, 4.69) is 31.1 Å². The molecular formula is C14H14BrClF3N3. The lowest BCUT2D eigenvalue weighted by Gasteiger charge is -2.31. The van der Waals surface area contributed by atoms with Crippen molar-refractivity contribution in [3.8, 4) is 0 Å². The number of nitrogens with one attached hydrogen (secondary N) is 1. The Bertz CT molecular complexity index is 672. The van der Waals surface area contributed by atoms with Crippen molar-refractivity contribution in [3.63, 3.8) is 0 Å². The lowest BCUT2D eigenvalue weighted by molar-refractivity contribution is -0.137. The zero-order valence-corrected chi connectivity index (χ0v) is 13.9. The molecule has 1 aromatic heterocycles. The maximum absolute atomic E-state index is 12.8. The molecule has 2 heterocycles. The van der Waals surface area contributed by atoms with Crippen molar-refractivity contribution in [1.82, 2.24) is 10.3 Å². The third kappa shape index (κ3) is 3.31. The van der Waals surface area contributed by atoms with Crippen LogP contribution >= 0.6 is 28.3 Å². The molecule has 0 atom stereocenters. The largest absolute Gasteiger partial charge is 0.416 e. The molecule has 0 amide bonds. The Morgan fingerprint density at radius 3 is 2.50 bits per heavy atom. The van der Waals surface area contributed by atoms with Crippen LogP contribution in [0.4, 0.5) is 18.9 Å². The van der Waals surface area contributed by atoms with Gasteiger partial charge in [-0.1, -0.05) is 6.07 Å². The number of fused-ring (bicyclic) bond motifs is 1. The van der Waals surface area contributed by atoms with Crippen LogP contribution in [-0.4, -0.2) is 31.2 Å². The Morgan fingerprint density at radius 1 is 1.18 bits per heavy atom. The quantitative estimate of drug-likeness (QED) is 0.794. The lowest BCUT2D eigenvalue weighted by Crippen LogP contribution is -2.43. The molecule has 0 unspecified atom stereocenters. The summed E-state index contributed by atoms with van der Waals surface area (Å²) in [5, 5.41) is 4.00. The Balaban J connectivity index is 0.00000176. The molecule has 1 N–H and O–H groups in total. The third-order valence-electron chi connectivity index (χ3n) is 3.56. The van der Waals surface area contributed by atoms with E-state index in [0.717, 1.165) is 53.9 Å². The summed E-state index contributed by atoms with van der Waals surface area (Å²) in [6.45, 7) is 3.35. The molecule has 0 bridgehead atoms. The Labute approximate surface area is 140 Å². The molecule has 1 aromatic carbocycles. The number of aromatic nitrogens is 1. The highest BCUT2D eigenvalue weighted by Gasteiger charge is 2.31. The maximum Gasteiger partial charge on any atom is 0.416 e. The Kier molecular flexibility index (Phi) is 5.19. The molecule has 1 saturated heterocycles. The molecule has 22 heavy (non-hydrogen) atoms. The van der Waals surface area contributed by atoms with Gasteiger partial charge in [0.15, 0.2) is 0 Å². The second kappa shape index (κ2) is 6.60. The fraction of sp³-hybridized carbons (Fsp3) is 0.357.